The molecule has 2 atom stereocenters. The monoisotopic (exact) mass is 187 g/mol. The van der Waals surface area contributed by atoms with E-state index in [1.54, 1.807) is 0 Å². The molecule has 0 aliphatic carbocycles. The smallest absolute Gasteiger partial charge is 0.237 e. The summed E-state index contributed by atoms with van der Waals surface area (Å²) in [5.41, 5.74) is 11.0. The first-order valence-corrected chi connectivity index (χ1v) is 4.86. The van der Waals surface area contributed by atoms with Gasteiger partial charge in [-0.2, -0.15) is 0 Å². The van der Waals surface area contributed by atoms with E-state index >= 15 is 0 Å². The third-order valence-corrected chi connectivity index (χ3v) is 2.24. The summed E-state index contributed by atoms with van der Waals surface area (Å²) < 4.78 is 0. The summed E-state index contributed by atoms with van der Waals surface area (Å²) >= 11 is 0. The average Bonchev–Trinajstić information content (AvgIpc) is 2.15. The van der Waals surface area contributed by atoms with Crippen molar-refractivity contribution >= 4 is 5.91 Å². The first-order valence-electron chi connectivity index (χ1n) is 4.86. The van der Waals surface area contributed by atoms with Crippen molar-refractivity contribution in [3.63, 3.8) is 0 Å². The summed E-state index contributed by atoms with van der Waals surface area (Å²) in [5.74, 6) is 0.167. The molecule has 0 heterocycles. The average molecular weight is 187 g/mol. The van der Waals surface area contributed by atoms with E-state index in [1.807, 2.05) is 13.8 Å². The number of hydrogen-bond acceptors (Lipinski definition) is 3. The lowest BCUT2D eigenvalue weighted by Gasteiger charge is -2.17. The minimum Gasteiger partial charge on any atom is -0.355 e. The van der Waals surface area contributed by atoms with Crippen LogP contribution in [0, 0.1) is 5.92 Å². The zero-order valence-corrected chi connectivity index (χ0v) is 8.55. The van der Waals surface area contributed by atoms with Gasteiger partial charge in [-0.3, -0.25) is 4.79 Å². The fourth-order valence-electron chi connectivity index (χ4n) is 0.944. The summed E-state index contributed by atoms with van der Waals surface area (Å²) in [6.45, 7) is 5.23. The summed E-state index contributed by atoms with van der Waals surface area (Å²) in [6, 6.07) is -0.386. The van der Waals surface area contributed by atoms with Crippen LogP contribution in [0.4, 0.5) is 0 Å². The molecule has 78 valence electrons. The molecule has 0 saturated carbocycles. The maximum absolute atomic E-state index is 11.3. The first kappa shape index (κ1) is 12.4. The first-order chi connectivity index (χ1) is 6.13. The van der Waals surface area contributed by atoms with Crippen LogP contribution in [0.3, 0.4) is 0 Å². The highest BCUT2D eigenvalue weighted by molar-refractivity contribution is 5.81. The second-order valence-electron chi connectivity index (χ2n) is 3.34. The van der Waals surface area contributed by atoms with Crippen molar-refractivity contribution in [2.24, 2.45) is 17.4 Å². The highest BCUT2D eigenvalue weighted by Gasteiger charge is 2.18. The topological polar surface area (TPSA) is 81.1 Å². The Labute approximate surface area is 80.0 Å². The van der Waals surface area contributed by atoms with Crippen molar-refractivity contribution in [3.05, 3.63) is 0 Å². The SMILES string of the molecule is CC[C@H](C)[C@H](N)C(=O)NCCCN. The van der Waals surface area contributed by atoms with Crippen LogP contribution < -0.4 is 16.8 Å². The molecule has 0 aromatic rings. The number of nitrogens with one attached hydrogen (secondary N) is 1. The van der Waals surface area contributed by atoms with Gasteiger partial charge in [0.15, 0.2) is 0 Å². The van der Waals surface area contributed by atoms with E-state index in [4.69, 9.17) is 11.5 Å². The molecule has 0 aliphatic rings. The molecule has 0 aliphatic heterocycles. The predicted octanol–water partition coefficient (Wildman–Crippen LogP) is -0.175. The van der Waals surface area contributed by atoms with Crippen molar-refractivity contribution in [1.82, 2.24) is 5.32 Å². The van der Waals surface area contributed by atoms with Crippen LogP contribution in [0.2, 0.25) is 0 Å². The van der Waals surface area contributed by atoms with E-state index < -0.39 is 0 Å². The Morgan fingerprint density at radius 2 is 2.15 bits per heavy atom. The minimum atomic E-state index is -0.386. The lowest BCUT2D eigenvalue weighted by atomic mass is 9.99. The summed E-state index contributed by atoms with van der Waals surface area (Å²) in [4.78, 5) is 11.3. The molecule has 4 nitrogen and oxygen atoms in total. The van der Waals surface area contributed by atoms with Gasteiger partial charge < -0.3 is 16.8 Å². The third-order valence-electron chi connectivity index (χ3n) is 2.24. The highest BCUT2D eigenvalue weighted by atomic mass is 16.2. The lowest BCUT2D eigenvalue weighted by molar-refractivity contribution is -0.123. The lowest BCUT2D eigenvalue weighted by Crippen LogP contribution is -2.45. The van der Waals surface area contributed by atoms with Crippen LogP contribution in [0.15, 0.2) is 0 Å². The van der Waals surface area contributed by atoms with Gasteiger partial charge in [0.05, 0.1) is 6.04 Å². The molecule has 0 fully saturated rings. The Hall–Kier alpha value is -0.610. The summed E-state index contributed by atoms with van der Waals surface area (Å²) in [7, 11) is 0. The third kappa shape index (κ3) is 4.85. The molecule has 0 saturated heterocycles. The van der Waals surface area contributed by atoms with Gasteiger partial charge >= 0.3 is 0 Å². The van der Waals surface area contributed by atoms with Crippen LogP contribution in [-0.2, 0) is 4.79 Å². The second kappa shape index (κ2) is 6.86. The van der Waals surface area contributed by atoms with Crippen LogP contribution in [0.5, 0.6) is 0 Å². The molecule has 0 aromatic carbocycles. The van der Waals surface area contributed by atoms with Crippen LogP contribution >= 0.6 is 0 Å². The van der Waals surface area contributed by atoms with Crippen LogP contribution in [-0.4, -0.2) is 25.0 Å². The van der Waals surface area contributed by atoms with Crippen molar-refractivity contribution in [3.8, 4) is 0 Å². The zero-order valence-electron chi connectivity index (χ0n) is 8.55. The molecule has 1 amide bonds. The fraction of sp³-hybridized carbons (Fsp3) is 0.889. The molecule has 0 unspecified atom stereocenters. The summed E-state index contributed by atoms with van der Waals surface area (Å²) in [5, 5.41) is 2.75. The van der Waals surface area contributed by atoms with Gasteiger partial charge in [-0.1, -0.05) is 20.3 Å². The Bertz CT molecular complexity index is 150. The van der Waals surface area contributed by atoms with Crippen molar-refractivity contribution in [1.29, 1.82) is 0 Å². The molecule has 0 bridgehead atoms. The molecular formula is C9H21N3O. The van der Waals surface area contributed by atoms with Gasteiger partial charge in [-0.15, -0.1) is 0 Å². The van der Waals surface area contributed by atoms with E-state index in [0.717, 1.165) is 12.8 Å². The van der Waals surface area contributed by atoms with Gasteiger partial charge in [0.2, 0.25) is 5.91 Å². The van der Waals surface area contributed by atoms with Crippen molar-refractivity contribution in [2.45, 2.75) is 32.7 Å². The Morgan fingerprint density at radius 1 is 1.54 bits per heavy atom. The highest BCUT2D eigenvalue weighted by Crippen LogP contribution is 2.04. The number of hydrogen-bond donors (Lipinski definition) is 3. The quantitative estimate of drug-likeness (QED) is 0.505. The molecule has 5 N–H and O–H groups in total. The van der Waals surface area contributed by atoms with Gasteiger partial charge in [-0.05, 0) is 18.9 Å². The Balaban J connectivity index is 3.69. The number of nitrogens with two attached hydrogens (primary N) is 2. The zero-order chi connectivity index (χ0) is 10.3. The molecule has 13 heavy (non-hydrogen) atoms. The normalized spacial score (nSPS) is 15.1. The maximum Gasteiger partial charge on any atom is 0.237 e. The number of carbonyl (C=O) groups excluding carboxylic acids is 1. The minimum absolute atomic E-state index is 0.0669. The van der Waals surface area contributed by atoms with Crippen LogP contribution in [0.1, 0.15) is 26.7 Å². The van der Waals surface area contributed by atoms with Gasteiger partial charge in [0, 0.05) is 6.54 Å². The van der Waals surface area contributed by atoms with E-state index in [9.17, 15) is 4.79 Å². The van der Waals surface area contributed by atoms with Gasteiger partial charge in [-0.25, -0.2) is 0 Å². The molecule has 4 heteroatoms. The van der Waals surface area contributed by atoms with Gasteiger partial charge in [0.1, 0.15) is 0 Å². The largest absolute Gasteiger partial charge is 0.355 e. The summed E-state index contributed by atoms with van der Waals surface area (Å²) in [6.07, 6.45) is 1.73. The Morgan fingerprint density at radius 3 is 2.62 bits per heavy atom. The predicted molar refractivity (Wildman–Crippen MR) is 54.1 cm³/mol. The number of rotatable bonds is 6. The second-order valence-corrected chi connectivity index (χ2v) is 3.34. The molecule has 0 aromatic heterocycles. The maximum atomic E-state index is 11.3. The number of carbonyl (C=O) groups is 1. The molecule has 0 rings (SSSR count). The Kier molecular flexibility index (Phi) is 6.54. The molecular weight excluding hydrogens is 166 g/mol. The van der Waals surface area contributed by atoms with E-state index in [-0.39, 0.29) is 17.9 Å². The molecule has 0 radical (unpaired) electrons. The van der Waals surface area contributed by atoms with Crippen molar-refractivity contribution in [2.75, 3.05) is 13.1 Å². The van der Waals surface area contributed by atoms with E-state index in [2.05, 4.69) is 5.32 Å². The standard InChI is InChI=1S/C9H21N3O/c1-3-7(2)8(11)9(13)12-6-4-5-10/h7-8H,3-6,10-11H2,1-2H3,(H,12,13)/t7-,8-/m0/s1. The van der Waals surface area contributed by atoms with E-state index in [0.29, 0.717) is 13.1 Å². The van der Waals surface area contributed by atoms with E-state index in [1.165, 1.54) is 0 Å². The van der Waals surface area contributed by atoms with Crippen LogP contribution in [0.25, 0.3) is 0 Å². The number of amides is 1. The van der Waals surface area contributed by atoms with Crippen molar-refractivity contribution < 1.29 is 4.79 Å². The fourth-order valence-corrected chi connectivity index (χ4v) is 0.944. The molecule has 0 spiro atoms. The van der Waals surface area contributed by atoms with Gasteiger partial charge in [0.25, 0.3) is 0 Å².